The fourth-order valence-electron chi connectivity index (χ4n) is 1.41. The Morgan fingerprint density at radius 2 is 2.33 bits per heavy atom. The highest BCUT2D eigenvalue weighted by atomic mass is 79.9. The maximum Gasteiger partial charge on any atom is 0.197 e. The first kappa shape index (κ1) is 10.6. The van der Waals surface area contributed by atoms with Crippen molar-refractivity contribution in [3.05, 3.63) is 38.3 Å². The lowest BCUT2D eigenvalue weighted by atomic mass is 10.1. The van der Waals surface area contributed by atoms with E-state index in [1.165, 1.54) is 11.3 Å². The van der Waals surface area contributed by atoms with Gasteiger partial charge in [-0.05, 0) is 28.9 Å². The molecular weight excluding hydrogens is 276 g/mol. The Balaban J connectivity index is 2.40. The molecule has 2 aromatic rings. The summed E-state index contributed by atoms with van der Waals surface area (Å²) in [5, 5.41) is 6.00. The first-order valence-corrected chi connectivity index (χ1v) is 6.04. The van der Waals surface area contributed by atoms with Gasteiger partial charge in [0.25, 0.3) is 0 Å². The summed E-state index contributed by atoms with van der Waals surface area (Å²) < 4.78 is 2.62. The minimum Gasteiger partial charge on any atom is -0.288 e. The largest absolute Gasteiger partial charge is 0.288 e. The molecule has 0 aliphatic heterocycles. The van der Waals surface area contributed by atoms with Crippen LogP contribution in [0.2, 0.25) is 0 Å². The van der Waals surface area contributed by atoms with Crippen molar-refractivity contribution in [3.8, 4) is 0 Å². The highest BCUT2D eigenvalue weighted by Gasteiger charge is 2.15. The molecule has 15 heavy (non-hydrogen) atoms. The van der Waals surface area contributed by atoms with Crippen molar-refractivity contribution in [1.82, 2.24) is 9.78 Å². The summed E-state index contributed by atoms with van der Waals surface area (Å²) in [5.74, 6) is 0.0301. The molecule has 0 fully saturated rings. The van der Waals surface area contributed by atoms with E-state index in [-0.39, 0.29) is 5.78 Å². The number of ketones is 1. The van der Waals surface area contributed by atoms with E-state index in [0.717, 1.165) is 9.48 Å². The van der Waals surface area contributed by atoms with Crippen LogP contribution in [0, 0.1) is 6.92 Å². The number of thiophene rings is 1. The van der Waals surface area contributed by atoms with Gasteiger partial charge in [0, 0.05) is 24.2 Å². The zero-order valence-corrected chi connectivity index (χ0v) is 10.7. The molecule has 5 heteroatoms. The number of carbonyl (C=O) groups excluding carboxylic acids is 1. The summed E-state index contributed by atoms with van der Waals surface area (Å²) in [4.78, 5) is 12.0. The molecule has 0 saturated carbocycles. The number of hydrogen-bond donors (Lipinski definition) is 0. The van der Waals surface area contributed by atoms with Crippen molar-refractivity contribution < 1.29 is 4.79 Å². The molecule has 2 rings (SSSR count). The average Bonchev–Trinajstić information content (AvgIpc) is 2.71. The maximum absolute atomic E-state index is 12.0. The Labute approximate surface area is 99.9 Å². The number of aromatic nitrogens is 2. The van der Waals surface area contributed by atoms with E-state index in [2.05, 4.69) is 21.0 Å². The molecule has 0 aromatic carbocycles. The molecule has 0 atom stereocenters. The molecule has 0 amide bonds. The molecule has 3 nitrogen and oxygen atoms in total. The zero-order chi connectivity index (χ0) is 11.0. The third-order valence-electron chi connectivity index (χ3n) is 2.09. The van der Waals surface area contributed by atoms with Crippen LogP contribution in [0.25, 0.3) is 0 Å². The van der Waals surface area contributed by atoms with Crippen LogP contribution in [0.15, 0.2) is 21.4 Å². The van der Waals surface area contributed by atoms with Crippen LogP contribution in [0.3, 0.4) is 0 Å². The number of nitrogens with zero attached hydrogens (tertiary/aromatic N) is 2. The standard InChI is InChI=1S/C10H9BrN2OS/c1-6-8(4-13(2)12-6)10(14)7-3-9(11)15-5-7/h3-5H,1-2H3. The van der Waals surface area contributed by atoms with Crippen LogP contribution < -0.4 is 0 Å². The molecule has 78 valence electrons. The fourth-order valence-corrected chi connectivity index (χ4v) is 2.54. The van der Waals surface area contributed by atoms with Crippen LogP contribution in [-0.4, -0.2) is 15.6 Å². The smallest absolute Gasteiger partial charge is 0.197 e. The Morgan fingerprint density at radius 3 is 2.80 bits per heavy atom. The summed E-state index contributed by atoms with van der Waals surface area (Å²) in [7, 11) is 1.81. The van der Waals surface area contributed by atoms with Gasteiger partial charge in [0.05, 0.1) is 15.0 Å². The highest BCUT2D eigenvalue weighted by molar-refractivity contribution is 9.11. The third-order valence-corrected chi connectivity index (χ3v) is 3.59. The molecule has 0 unspecified atom stereocenters. The van der Waals surface area contributed by atoms with Gasteiger partial charge in [-0.3, -0.25) is 9.48 Å². The summed E-state index contributed by atoms with van der Waals surface area (Å²) >= 11 is 4.85. The predicted octanol–water partition coefficient (Wildman–Crippen LogP) is 2.78. The van der Waals surface area contributed by atoms with Gasteiger partial charge in [0.15, 0.2) is 5.78 Å². The van der Waals surface area contributed by atoms with Gasteiger partial charge >= 0.3 is 0 Å². The topological polar surface area (TPSA) is 34.9 Å². The number of halogens is 1. The Bertz CT molecular complexity index is 515. The number of carbonyl (C=O) groups is 1. The Morgan fingerprint density at radius 1 is 1.60 bits per heavy atom. The van der Waals surface area contributed by atoms with E-state index in [1.807, 2.05) is 25.4 Å². The lowest BCUT2D eigenvalue weighted by molar-refractivity contribution is 0.103. The van der Waals surface area contributed by atoms with E-state index in [0.29, 0.717) is 11.1 Å². The SMILES string of the molecule is Cc1nn(C)cc1C(=O)c1csc(Br)c1. The quantitative estimate of drug-likeness (QED) is 0.795. The number of rotatable bonds is 2. The number of aryl methyl sites for hydroxylation is 2. The molecule has 0 radical (unpaired) electrons. The summed E-state index contributed by atoms with van der Waals surface area (Å²) in [5.41, 5.74) is 2.15. The zero-order valence-electron chi connectivity index (χ0n) is 8.32. The predicted molar refractivity (Wildman–Crippen MR) is 63.4 cm³/mol. The summed E-state index contributed by atoms with van der Waals surface area (Å²) in [6, 6.07) is 1.83. The van der Waals surface area contributed by atoms with E-state index >= 15 is 0 Å². The minimum atomic E-state index is 0.0301. The third kappa shape index (κ3) is 2.03. The van der Waals surface area contributed by atoms with Gasteiger partial charge in [0.1, 0.15) is 0 Å². The van der Waals surface area contributed by atoms with Gasteiger partial charge in [0.2, 0.25) is 0 Å². The van der Waals surface area contributed by atoms with Crippen molar-refractivity contribution in [2.45, 2.75) is 6.92 Å². The Hall–Kier alpha value is -0.940. The monoisotopic (exact) mass is 284 g/mol. The lowest BCUT2D eigenvalue weighted by Crippen LogP contribution is -1.99. The van der Waals surface area contributed by atoms with Gasteiger partial charge in [-0.2, -0.15) is 5.10 Å². The van der Waals surface area contributed by atoms with Crippen LogP contribution in [-0.2, 0) is 7.05 Å². The minimum absolute atomic E-state index is 0.0301. The molecule has 2 aromatic heterocycles. The van der Waals surface area contributed by atoms with Crippen LogP contribution >= 0.6 is 27.3 Å². The lowest BCUT2D eigenvalue weighted by Gasteiger charge is -1.93. The molecule has 0 spiro atoms. The summed E-state index contributed by atoms with van der Waals surface area (Å²) in [6.07, 6.45) is 1.75. The molecule has 0 N–H and O–H groups in total. The fraction of sp³-hybridized carbons (Fsp3) is 0.200. The van der Waals surface area contributed by atoms with Crippen molar-refractivity contribution in [3.63, 3.8) is 0 Å². The maximum atomic E-state index is 12.0. The second-order valence-corrected chi connectivity index (χ2v) is 5.56. The molecule has 0 aliphatic carbocycles. The van der Waals surface area contributed by atoms with E-state index in [4.69, 9.17) is 0 Å². The van der Waals surface area contributed by atoms with Crippen LogP contribution in [0.1, 0.15) is 21.6 Å². The van der Waals surface area contributed by atoms with Crippen molar-refractivity contribution >= 4 is 33.0 Å². The second kappa shape index (κ2) is 3.90. The second-order valence-electron chi connectivity index (χ2n) is 3.27. The molecule has 2 heterocycles. The van der Waals surface area contributed by atoms with Gasteiger partial charge < -0.3 is 0 Å². The summed E-state index contributed by atoms with van der Waals surface area (Å²) in [6.45, 7) is 1.84. The van der Waals surface area contributed by atoms with E-state index in [9.17, 15) is 4.79 Å². The molecule has 0 bridgehead atoms. The molecular formula is C10H9BrN2OS. The van der Waals surface area contributed by atoms with Crippen LogP contribution in [0.5, 0.6) is 0 Å². The molecule has 0 saturated heterocycles. The Kier molecular flexibility index (Phi) is 2.75. The van der Waals surface area contributed by atoms with E-state index < -0.39 is 0 Å². The van der Waals surface area contributed by atoms with E-state index in [1.54, 1.807) is 10.9 Å². The van der Waals surface area contributed by atoms with Gasteiger partial charge in [-0.15, -0.1) is 11.3 Å². The van der Waals surface area contributed by atoms with Crippen molar-refractivity contribution in [1.29, 1.82) is 0 Å². The van der Waals surface area contributed by atoms with Gasteiger partial charge in [-0.1, -0.05) is 0 Å². The highest BCUT2D eigenvalue weighted by Crippen LogP contribution is 2.23. The van der Waals surface area contributed by atoms with Crippen molar-refractivity contribution in [2.75, 3.05) is 0 Å². The molecule has 0 aliphatic rings. The van der Waals surface area contributed by atoms with Crippen molar-refractivity contribution in [2.24, 2.45) is 7.05 Å². The number of hydrogen-bond acceptors (Lipinski definition) is 3. The normalized spacial score (nSPS) is 10.6. The van der Waals surface area contributed by atoms with Gasteiger partial charge in [-0.25, -0.2) is 0 Å². The average molecular weight is 285 g/mol. The first-order valence-electron chi connectivity index (χ1n) is 4.37. The first-order chi connectivity index (χ1) is 7.08. The van der Waals surface area contributed by atoms with Crippen LogP contribution in [0.4, 0.5) is 0 Å².